The number of aromatic nitrogens is 2. The summed E-state index contributed by atoms with van der Waals surface area (Å²) in [4.78, 5) is 12.0. The van der Waals surface area contributed by atoms with Gasteiger partial charge in [0.1, 0.15) is 6.04 Å². The van der Waals surface area contributed by atoms with Crippen LogP contribution in [0, 0.1) is 0 Å². The van der Waals surface area contributed by atoms with Gasteiger partial charge in [-0.25, -0.2) is 4.79 Å². The maximum Gasteiger partial charge on any atom is 0.437 e. The number of aliphatic hydroxyl groups excluding tert-OH is 1. The maximum absolute atomic E-state index is 12.0. The molecule has 122 valence electrons. The van der Waals surface area contributed by atoms with Crippen molar-refractivity contribution in [1.29, 1.82) is 0 Å². The van der Waals surface area contributed by atoms with Crippen molar-refractivity contribution >= 4 is 6.08 Å². The fraction of sp³-hybridized carbons (Fsp3) is 0.158. The molecule has 24 heavy (non-hydrogen) atoms. The number of benzene rings is 2. The van der Waals surface area contributed by atoms with Gasteiger partial charge in [-0.1, -0.05) is 72.8 Å². The van der Waals surface area contributed by atoms with E-state index in [-0.39, 0.29) is 6.61 Å². The van der Waals surface area contributed by atoms with E-state index in [0.29, 0.717) is 12.3 Å². The van der Waals surface area contributed by atoms with Crippen LogP contribution in [0.4, 0.5) is 0 Å². The molecule has 2 aromatic carbocycles. The summed E-state index contributed by atoms with van der Waals surface area (Å²) in [5, 5.41) is 13.8. The lowest BCUT2D eigenvalue weighted by atomic mass is 10.1. The number of aliphatic hydroxyl groups is 1. The Hall–Kier alpha value is -2.92. The zero-order chi connectivity index (χ0) is 16.8. The minimum absolute atomic E-state index is 0.236. The summed E-state index contributed by atoms with van der Waals surface area (Å²) in [5.74, 6) is -0.240. The van der Waals surface area contributed by atoms with E-state index in [2.05, 4.69) is 5.10 Å². The van der Waals surface area contributed by atoms with Crippen LogP contribution in [0.25, 0.3) is 6.08 Å². The Morgan fingerprint density at radius 3 is 2.42 bits per heavy atom. The number of rotatable bonds is 6. The van der Waals surface area contributed by atoms with Crippen LogP contribution in [0.15, 0.2) is 76.0 Å². The third kappa shape index (κ3) is 3.88. The van der Waals surface area contributed by atoms with E-state index < -0.39 is 11.8 Å². The zero-order valence-electron chi connectivity index (χ0n) is 13.1. The Bertz CT molecular complexity index is 851. The summed E-state index contributed by atoms with van der Waals surface area (Å²) in [7, 11) is 0. The lowest BCUT2D eigenvalue weighted by Crippen LogP contribution is -2.23. The van der Waals surface area contributed by atoms with Crippen LogP contribution >= 0.6 is 0 Å². The first kappa shape index (κ1) is 16.0. The standard InChI is InChI=1S/C19H18N2O3/c22-14-17(12-11-15-7-3-1-4-8-15)21-19(23)24-18(20-21)13-16-9-5-2-6-10-16/h1-12,17,22H,13-14H2/b12-11+. The van der Waals surface area contributed by atoms with Crippen molar-refractivity contribution in [2.24, 2.45) is 0 Å². The summed E-state index contributed by atoms with van der Waals surface area (Å²) >= 11 is 0. The van der Waals surface area contributed by atoms with E-state index in [1.807, 2.05) is 66.7 Å². The molecule has 0 spiro atoms. The highest BCUT2D eigenvalue weighted by molar-refractivity contribution is 5.49. The predicted molar refractivity (Wildman–Crippen MR) is 91.6 cm³/mol. The predicted octanol–water partition coefficient (Wildman–Crippen LogP) is 2.67. The first-order valence-corrected chi connectivity index (χ1v) is 7.73. The van der Waals surface area contributed by atoms with Gasteiger partial charge in [-0.2, -0.15) is 4.68 Å². The van der Waals surface area contributed by atoms with E-state index >= 15 is 0 Å². The van der Waals surface area contributed by atoms with Gasteiger partial charge in [0, 0.05) is 0 Å². The second kappa shape index (κ2) is 7.57. The third-order valence-electron chi connectivity index (χ3n) is 3.62. The van der Waals surface area contributed by atoms with Gasteiger partial charge in [0.2, 0.25) is 5.89 Å². The SMILES string of the molecule is O=c1oc(Cc2ccccc2)nn1C(/C=C/c1ccccc1)CO. The van der Waals surface area contributed by atoms with Crippen LogP contribution < -0.4 is 5.76 Å². The van der Waals surface area contributed by atoms with Crippen LogP contribution in [-0.4, -0.2) is 21.5 Å². The van der Waals surface area contributed by atoms with Gasteiger partial charge in [0.05, 0.1) is 13.0 Å². The van der Waals surface area contributed by atoms with E-state index in [1.54, 1.807) is 6.08 Å². The van der Waals surface area contributed by atoms with Crippen molar-refractivity contribution in [3.8, 4) is 0 Å². The van der Waals surface area contributed by atoms with Crippen molar-refractivity contribution in [2.45, 2.75) is 12.5 Å². The molecule has 1 aromatic heterocycles. The van der Waals surface area contributed by atoms with Gasteiger partial charge in [-0.15, -0.1) is 5.10 Å². The maximum atomic E-state index is 12.0. The topological polar surface area (TPSA) is 68.3 Å². The Morgan fingerprint density at radius 1 is 1.08 bits per heavy atom. The van der Waals surface area contributed by atoms with Crippen molar-refractivity contribution in [3.63, 3.8) is 0 Å². The van der Waals surface area contributed by atoms with Gasteiger partial charge in [-0.05, 0) is 11.1 Å². The minimum atomic E-state index is -0.572. The second-order valence-corrected chi connectivity index (χ2v) is 5.39. The second-order valence-electron chi connectivity index (χ2n) is 5.39. The van der Waals surface area contributed by atoms with Crippen molar-refractivity contribution in [3.05, 3.63) is 94.3 Å². The summed E-state index contributed by atoms with van der Waals surface area (Å²) in [5.41, 5.74) is 1.99. The lowest BCUT2D eigenvalue weighted by Gasteiger charge is -2.07. The number of hydrogen-bond acceptors (Lipinski definition) is 4. The Labute approximate surface area is 139 Å². The molecule has 1 heterocycles. The fourth-order valence-corrected chi connectivity index (χ4v) is 2.39. The van der Waals surface area contributed by atoms with Gasteiger partial charge in [-0.3, -0.25) is 0 Å². The smallest absolute Gasteiger partial charge is 0.394 e. The molecular formula is C19H18N2O3. The van der Waals surface area contributed by atoms with Crippen LogP contribution in [0.2, 0.25) is 0 Å². The van der Waals surface area contributed by atoms with Gasteiger partial charge >= 0.3 is 5.76 Å². The fourth-order valence-electron chi connectivity index (χ4n) is 2.39. The average Bonchev–Trinajstić information content (AvgIpc) is 2.97. The summed E-state index contributed by atoms with van der Waals surface area (Å²) in [6, 6.07) is 18.7. The van der Waals surface area contributed by atoms with Crippen molar-refractivity contribution < 1.29 is 9.52 Å². The van der Waals surface area contributed by atoms with Crippen LogP contribution in [0.5, 0.6) is 0 Å². The average molecular weight is 322 g/mol. The van der Waals surface area contributed by atoms with Gasteiger partial charge < -0.3 is 9.52 Å². The van der Waals surface area contributed by atoms with Crippen molar-refractivity contribution in [2.75, 3.05) is 6.61 Å². The molecule has 0 amide bonds. The largest absolute Gasteiger partial charge is 0.437 e. The van der Waals surface area contributed by atoms with Crippen LogP contribution in [0.3, 0.4) is 0 Å². The molecule has 0 aliphatic carbocycles. The van der Waals surface area contributed by atoms with Crippen LogP contribution in [-0.2, 0) is 6.42 Å². The molecule has 3 rings (SSSR count). The Morgan fingerprint density at radius 2 is 1.75 bits per heavy atom. The molecule has 0 bridgehead atoms. The molecule has 5 heteroatoms. The molecule has 0 aliphatic heterocycles. The molecule has 1 atom stereocenters. The highest BCUT2D eigenvalue weighted by Crippen LogP contribution is 2.11. The first-order chi connectivity index (χ1) is 11.8. The van der Waals surface area contributed by atoms with Crippen LogP contribution in [0.1, 0.15) is 23.1 Å². The molecule has 1 unspecified atom stereocenters. The van der Waals surface area contributed by atoms with E-state index in [0.717, 1.165) is 11.1 Å². The highest BCUT2D eigenvalue weighted by Gasteiger charge is 2.15. The van der Waals surface area contributed by atoms with Gasteiger partial charge in [0.25, 0.3) is 0 Å². The molecule has 0 radical (unpaired) electrons. The van der Waals surface area contributed by atoms with Gasteiger partial charge in [0.15, 0.2) is 0 Å². The number of hydrogen-bond donors (Lipinski definition) is 1. The zero-order valence-corrected chi connectivity index (χ0v) is 13.1. The molecule has 3 aromatic rings. The Kier molecular flexibility index (Phi) is 5.03. The lowest BCUT2D eigenvalue weighted by molar-refractivity contribution is 0.239. The minimum Gasteiger partial charge on any atom is -0.394 e. The summed E-state index contributed by atoms with van der Waals surface area (Å²) in [6.45, 7) is -0.236. The molecule has 0 saturated carbocycles. The first-order valence-electron chi connectivity index (χ1n) is 7.73. The third-order valence-corrected chi connectivity index (χ3v) is 3.62. The highest BCUT2D eigenvalue weighted by atomic mass is 16.4. The molecule has 1 N–H and O–H groups in total. The van der Waals surface area contributed by atoms with Crippen molar-refractivity contribution in [1.82, 2.24) is 9.78 Å². The molecular weight excluding hydrogens is 304 g/mol. The molecule has 5 nitrogen and oxygen atoms in total. The molecule has 0 fully saturated rings. The quantitative estimate of drug-likeness (QED) is 0.757. The Balaban J connectivity index is 1.80. The normalized spacial score (nSPS) is 12.5. The van der Waals surface area contributed by atoms with E-state index in [1.165, 1.54) is 4.68 Å². The summed E-state index contributed by atoms with van der Waals surface area (Å²) in [6.07, 6.45) is 4.02. The molecule has 0 aliphatic rings. The monoisotopic (exact) mass is 322 g/mol. The summed E-state index contributed by atoms with van der Waals surface area (Å²) < 4.78 is 6.38. The molecule has 0 saturated heterocycles. The number of nitrogens with zero attached hydrogens (tertiary/aromatic N) is 2. The van der Waals surface area contributed by atoms with E-state index in [9.17, 15) is 9.90 Å². The van der Waals surface area contributed by atoms with E-state index in [4.69, 9.17) is 4.42 Å².